The lowest BCUT2D eigenvalue weighted by molar-refractivity contribution is 0.0946. The maximum absolute atomic E-state index is 13.2. The lowest BCUT2D eigenvalue weighted by Crippen LogP contribution is -2.29. The summed E-state index contributed by atoms with van der Waals surface area (Å²) < 4.78 is 24.9. The van der Waals surface area contributed by atoms with E-state index < -0.39 is 5.91 Å². The van der Waals surface area contributed by atoms with Gasteiger partial charge in [-0.1, -0.05) is 30.3 Å². The van der Waals surface area contributed by atoms with Gasteiger partial charge in [-0.25, -0.2) is 4.39 Å². The number of methoxy groups -OCH3 is 2. The highest BCUT2D eigenvalue weighted by molar-refractivity contribution is 6.04. The average Bonchev–Trinajstić information content (AvgIpc) is 2.83. The summed E-state index contributed by atoms with van der Waals surface area (Å²) >= 11 is 0. The fourth-order valence-corrected chi connectivity index (χ4v) is 3.32. The molecule has 4 aromatic rings. The van der Waals surface area contributed by atoms with Gasteiger partial charge in [-0.15, -0.1) is 0 Å². The maximum atomic E-state index is 13.2. The van der Waals surface area contributed by atoms with Crippen molar-refractivity contribution in [3.63, 3.8) is 0 Å². The SMILES string of the molecule is COc1cc(OC)cc(-n2nc(C(=O)NCc3ccc(F)cc3)c3ccccc3c2=O)c1. The molecule has 7 nitrogen and oxygen atoms in total. The molecule has 0 aliphatic carbocycles. The molecule has 8 heteroatoms. The molecular weight excluding hydrogens is 413 g/mol. The van der Waals surface area contributed by atoms with Crippen molar-refractivity contribution in [2.24, 2.45) is 0 Å². The van der Waals surface area contributed by atoms with Crippen molar-refractivity contribution in [1.82, 2.24) is 15.1 Å². The van der Waals surface area contributed by atoms with Crippen LogP contribution < -0.4 is 20.3 Å². The number of amides is 1. The number of carbonyl (C=O) groups excluding carboxylic acids is 1. The minimum absolute atomic E-state index is 0.0871. The molecule has 1 N–H and O–H groups in total. The predicted molar refractivity (Wildman–Crippen MR) is 118 cm³/mol. The Balaban J connectivity index is 1.79. The first-order chi connectivity index (χ1) is 15.5. The van der Waals surface area contributed by atoms with Gasteiger partial charge in [0.1, 0.15) is 17.3 Å². The second-order valence-electron chi connectivity index (χ2n) is 6.99. The van der Waals surface area contributed by atoms with Crippen LogP contribution in [0.3, 0.4) is 0 Å². The summed E-state index contributed by atoms with van der Waals surface area (Å²) in [6.45, 7) is 0.182. The Morgan fingerprint density at radius 2 is 1.59 bits per heavy atom. The topological polar surface area (TPSA) is 82.4 Å². The molecule has 0 bridgehead atoms. The highest BCUT2D eigenvalue weighted by Crippen LogP contribution is 2.25. The first kappa shape index (κ1) is 21.0. The minimum Gasteiger partial charge on any atom is -0.497 e. The number of nitrogens with one attached hydrogen (secondary N) is 1. The van der Waals surface area contributed by atoms with Gasteiger partial charge >= 0.3 is 0 Å². The van der Waals surface area contributed by atoms with Gasteiger partial charge in [0.25, 0.3) is 11.5 Å². The van der Waals surface area contributed by atoms with E-state index in [4.69, 9.17) is 9.47 Å². The van der Waals surface area contributed by atoms with Crippen LogP contribution >= 0.6 is 0 Å². The van der Waals surface area contributed by atoms with Gasteiger partial charge in [-0.05, 0) is 23.8 Å². The molecule has 0 spiro atoms. The molecule has 0 saturated heterocycles. The van der Waals surface area contributed by atoms with Gasteiger partial charge < -0.3 is 14.8 Å². The van der Waals surface area contributed by atoms with Gasteiger partial charge in [0.15, 0.2) is 5.69 Å². The second-order valence-corrected chi connectivity index (χ2v) is 6.99. The van der Waals surface area contributed by atoms with Crippen molar-refractivity contribution in [3.05, 3.63) is 94.2 Å². The summed E-state index contributed by atoms with van der Waals surface area (Å²) in [5.74, 6) is 0.134. The smallest absolute Gasteiger partial charge is 0.279 e. The van der Waals surface area contributed by atoms with Crippen LogP contribution in [0.5, 0.6) is 11.5 Å². The third-order valence-electron chi connectivity index (χ3n) is 4.97. The molecule has 1 heterocycles. The van der Waals surface area contributed by atoms with Crippen LogP contribution in [0.4, 0.5) is 4.39 Å². The molecule has 32 heavy (non-hydrogen) atoms. The largest absolute Gasteiger partial charge is 0.497 e. The van der Waals surface area contributed by atoms with Crippen molar-refractivity contribution in [2.45, 2.75) is 6.54 Å². The van der Waals surface area contributed by atoms with Crippen molar-refractivity contribution < 1.29 is 18.7 Å². The van der Waals surface area contributed by atoms with E-state index in [9.17, 15) is 14.0 Å². The Labute approximate surface area is 183 Å². The van der Waals surface area contributed by atoms with Crippen LogP contribution in [0.2, 0.25) is 0 Å². The first-order valence-corrected chi connectivity index (χ1v) is 9.78. The van der Waals surface area contributed by atoms with Crippen LogP contribution in [0.15, 0.2) is 71.5 Å². The Hall–Kier alpha value is -4.20. The molecule has 162 valence electrons. The van der Waals surface area contributed by atoms with E-state index in [-0.39, 0.29) is 23.6 Å². The number of hydrogen-bond acceptors (Lipinski definition) is 5. The lowest BCUT2D eigenvalue weighted by atomic mass is 10.1. The molecule has 0 unspecified atom stereocenters. The maximum Gasteiger partial charge on any atom is 0.279 e. The highest BCUT2D eigenvalue weighted by Gasteiger charge is 2.18. The molecular formula is C24H20FN3O4. The Bertz CT molecular complexity index is 1330. The number of carbonyl (C=O) groups is 1. The van der Waals surface area contributed by atoms with Gasteiger partial charge in [-0.3, -0.25) is 9.59 Å². The molecule has 0 fully saturated rings. The van der Waals surface area contributed by atoms with Crippen molar-refractivity contribution in [3.8, 4) is 17.2 Å². The summed E-state index contributed by atoms with van der Waals surface area (Å²) in [7, 11) is 3.01. The Morgan fingerprint density at radius 1 is 0.969 bits per heavy atom. The summed E-state index contributed by atoms with van der Waals surface area (Å²) in [5, 5.41) is 7.92. The van der Waals surface area contributed by atoms with Crippen LogP contribution in [0, 0.1) is 5.82 Å². The van der Waals surface area contributed by atoms with Crippen molar-refractivity contribution in [1.29, 1.82) is 0 Å². The highest BCUT2D eigenvalue weighted by atomic mass is 19.1. The molecule has 4 rings (SSSR count). The number of rotatable bonds is 6. The van der Waals surface area contributed by atoms with Gasteiger partial charge in [0, 0.05) is 30.1 Å². The molecule has 0 aliphatic rings. The Kier molecular flexibility index (Phi) is 5.85. The quantitative estimate of drug-likeness (QED) is 0.504. The fraction of sp³-hybridized carbons (Fsp3) is 0.125. The number of fused-ring (bicyclic) bond motifs is 1. The van der Waals surface area contributed by atoms with E-state index in [1.165, 1.54) is 26.4 Å². The second kappa shape index (κ2) is 8.89. The van der Waals surface area contributed by atoms with Gasteiger partial charge in [0.2, 0.25) is 0 Å². The number of aromatic nitrogens is 2. The number of benzene rings is 3. The molecule has 0 saturated carbocycles. The number of hydrogen-bond donors (Lipinski definition) is 1. The van der Waals surface area contributed by atoms with E-state index in [0.717, 1.165) is 10.2 Å². The van der Waals surface area contributed by atoms with E-state index in [0.29, 0.717) is 28.0 Å². The van der Waals surface area contributed by atoms with E-state index in [1.54, 1.807) is 54.6 Å². The number of halogens is 1. The zero-order chi connectivity index (χ0) is 22.7. The van der Waals surface area contributed by atoms with E-state index in [1.807, 2.05) is 0 Å². The third kappa shape index (κ3) is 4.15. The van der Waals surface area contributed by atoms with Crippen LogP contribution in [0.1, 0.15) is 16.1 Å². The summed E-state index contributed by atoms with van der Waals surface area (Å²) in [6.07, 6.45) is 0. The summed E-state index contributed by atoms with van der Waals surface area (Å²) in [6, 6.07) is 17.5. The zero-order valence-corrected chi connectivity index (χ0v) is 17.5. The molecule has 1 aromatic heterocycles. The zero-order valence-electron chi connectivity index (χ0n) is 17.5. The summed E-state index contributed by atoms with van der Waals surface area (Å²) in [5.41, 5.74) is 0.828. The van der Waals surface area contributed by atoms with Gasteiger partial charge in [0.05, 0.1) is 25.3 Å². The first-order valence-electron chi connectivity index (χ1n) is 9.78. The van der Waals surface area contributed by atoms with Gasteiger partial charge in [-0.2, -0.15) is 9.78 Å². The lowest BCUT2D eigenvalue weighted by Gasteiger charge is -2.13. The van der Waals surface area contributed by atoms with Crippen molar-refractivity contribution in [2.75, 3.05) is 14.2 Å². The average molecular weight is 433 g/mol. The third-order valence-corrected chi connectivity index (χ3v) is 4.97. The Morgan fingerprint density at radius 3 is 2.22 bits per heavy atom. The fourth-order valence-electron chi connectivity index (χ4n) is 3.32. The molecule has 3 aromatic carbocycles. The molecule has 0 atom stereocenters. The summed E-state index contributed by atoms with van der Waals surface area (Å²) in [4.78, 5) is 26.2. The number of ether oxygens (including phenoxy) is 2. The normalized spacial score (nSPS) is 10.7. The predicted octanol–water partition coefficient (Wildman–Crippen LogP) is 3.47. The minimum atomic E-state index is -0.464. The molecule has 1 amide bonds. The number of nitrogens with zero attached hydrogens (tertiary/aromatic N) is 2. The standard InChI is InChI=1S/C24H20FN3O4/c1-31-18-11-17(12-19(13-18)32-2)28-24(30)21-6-4-3-5-20(21)22(27-28)23(29)26-14-15-7-9-16(25)10-8-15/h3-13H,14H2,1-2H3,(H,26,29). The molecule has 0 aliphatic heterocycles. The van der Waals surface area contributed by atoms with Crippen LogP contribution in [-0.4, -0.2) is 29.9 Å². The monoisotopic (exact) mass is 433 g/mol. The van der Waals surface area contributed by atoms with Crippen LogP contribution in [-0.2, 0) is 6.54 Å². The van der Waals surface area contributed by atoms with Crippen LogP contribution in [0.25, 0.3) is 16.5 Å². The van der Waals surface area contributed by atoms with E-state index >= 15 is 0 Å². The van der Waals surface area contributed by atoms with E-state index in [2.05, 4.69) is 10.4 Å². The van der Waals surface area contributed by atoms with Crippen molar-refractivity contribution >= 4 is 16.7 Å². The molecule has 0 radical (unpaired) electrons.